The lowest BCUT2D eigenvalue weighted by Gasteiger charge is -2.16. The number of ether oxygens (including phenoxy) is 1. The van der Waals surface area contributed by atoms with Crippen molar-refractivity contribution in [2.75, 3.05) is 5.32 Å². The van der Waals surface area contributed by atoms with Gasteiger partial charge in [-0.1, -0.05) is 49.2 Å². The van der Waals surface area contributed by atoms with Gasteiger partial charge in [0.25, 0.3) is 10.0 Å². The number of para-hydroxylation sites is 1. The molecule has 1 N–H and O–H groups in total. The van der Waals surface area contributed by atoms with Crippen LogP contribution in [-0.4, -0.2) is 44.2 Å². The van der Waals surface area contributed by atoms with Crippen LogP contribution in [0.25, 0.3) is 16.8 Å². The van der Waals surface area contributed by atoms with E-state index in [9.17, 15) is 13.2 Å². The van der Waals surface area contributed by atoms with E-state index in [0.717, 1.165) is 12.0 Å². The molecular weight excluding hydrogens is 516 g/mol. The summed E-state index contributed by atoms with van der Waals surface area (Å²) in [6.45, 7) is 4.01. The predicted octanol–water partition coefficient (Wildman–Crippen LogP) is 5.15. The average Bonchev–Trinajstić information content (AvgIpc) is 3.65. The molecule has 0 spiro atoms. The third kappa shape index (κ3) is 4.52. The van der Waals surface area contributed by atoms with Crippen molar-refractivity contribution in [3.63, 3.8) is 0 Å². The van der Waals surface area contributed by atoms with Gasteiger partial charge in [-0.25, -0.2) is 22.2 Å². The molecule has 3 aromatic heterocycles. The van der Waals surface area contributed by atoms with Crippen molar-refractivity contribution in [3.05, 3.63) is 84.4 Å². The van der Waals surface area contributed by atoms with Gasteiger partial charge in [-0.3, -0.25) is 9.72 Å². The van der Waals surface area contributed by atoms with Gasteiger partial charge < -0.3 is 4.74 Å². The number of fused-ring (bicyclic) bond motifs is 3. The van der Waals surface area contributed by atoms with Crippen molar-refractivity contribution >= 4 is 38.6 Å². The van der Waals surface area contributed by atoms with E-state index in [1.807, 2.05) is 29.5 Å². The molecule has 5 aromatic rings. The van der Waals surface area contributed by atoms with Gasteiger partial charge in [0.15, 0.2) is 11.3 Å². The largest absolute Gasteiger partial charge is 0.446 e. The zero-order valence-electron chi connectivity index (χ0n) is 21.6. The Bertz CT molecular complexity index is 1760. The van der Waals surface area contributed by atoms with Gasteiger partial charge in [0.2, 0.25) is 0 Å². The molecule has 1 saturated carbocycles. The van der Waals surface area contributed by atoms with Crippen molar-refractivity contribution < 1.29 is 17.9 Å². The second kappa shape index (κ2) is 9.81. The first-order valence-corrected chi connectivity index (χ1v) is 14.3. The molecular formula is C28H28N6O4S. The minimum atomic E-state index is -3.85. The van der Waals surface area contributed by atoms with Crippen molar-refractivity contribution in [1.29, 1.82) is 0 Å². The molecule has 0 radical (unpaired) electrons. The monoisotopic (exact) mass is 544 g/mol. The van der Waals surface area contributed by atoms with Gasteiger partial charge >= 0.3 is 6.09 Å². The molecule has 0 saturated heterocycles. The van der Waals surface area contributed by atoms with Crippen LogP contribution in [0.3, 0.4) is 0 Å². The summed E-state index contributed by atoms with van der Waals surface area (Å²) < 4.78 is 35.7. The molecule has 3 heterocycles. The van der Waals surface area contributed by atoms with Gasteiger partial charge in [0, 0.05) is 17.8 Å². The van der Waals surface area contributed by atoms with E-state index in [0.29, 0.717) is 41.2 Å². The molecule has 1 fully saturated rings. The Morgan fingerprint density at radius 3 is 2.56 bits per heavy atom. The van der Waals surface area contributed by atoms with Crippen LogP contribution in [0.1, 0.15) is 43.5 Å². The van der Waals surface area contributed by atoms with E-state index in [1.165, 1.54) is 16.4 Å². The SMILES string of the molecule is CC[C@@H]1C[C@H](OC(=O)Nc2ccccc2)CC1c1nnc2cnc3c(ccn3S(=O)(=O)c3ccc(C)cc3)n12. The first kappa shape index (κ1) is 25.1. The Balaban J connectivity index is 1.32. The van der Waals surface area contributed by atoms with E-state index in [-0.39, 0.29) is 22.8 Å². The lowest BCUT2D eigenvalue weighted by Crippen LogP contribution is -2.20. The predicted molar refractivity (Wildman–Crippen MR) is 146 cm³/mol. The molecule has 11 heteroatoms. The fourth-order valence-electron chi connectivity index (χ4n) is 5.47. The fraction of sp³-hybridized carbons (Fsp3) is 0.286. The van der Waals surface area contributed by atoms with Crippen LogP contribution in [0.15, 0.2) is 78.0 Å². The quantitative estimate of drug-likeness (QED) is 0.314. The van der Waals surface area contributed by atoms with Crippen LogP contribution >= 0.6 is 0 Å². The summed E-state index contributed by atoms with van der Waals surface area (Å²) in [5, 5.41) is 11.6. The maximum atomic E-state index is 13.4. The molecule has 2 aromatic carbocycles. The number of aryl methyl sites for hydroxylation is 1. The number of hydrogen-bond acceptors (Lipinski definition) is 7. The highest BCUT2D eigenvalue weighted by atomic mass is 32.2. The number of benzene rings is 2. The highest BCUT2D eigenvalue weighted by Crippen LogP contribution is 2.43. The maximum absolute atomic E-state index is 13.4. The van der Waals surface area contributed by atoms with E-state index >= 15 is 0 Å². The van der Waals surface area contributed by atoms with Gasteiger partial charge in [-0.2, -0.15) is 0 Å². The smallest absolute Gasteiger partial charge is 0.411 e. The van der Waals surface area contributed by atoms with Crippen LogP contribution in [0.4, 0.5) is 10.5 Å². The molecule has 6 rings (SSSR count). The van der Waals surface area contributed by atoms with Crippen LogP contribution in [-0.2, 0) is 14.8 Å². The first-order valence-electron chi connectivity index (χ1n) is 12.9. The summed E-state index contributed by atoms with van der Waals surface area (Å²) in [5.74, 6) is 0.903. The Morgan fingerprint density at radius 1 is 1.05 bits per heavy atom. The van der Waals surface area contributed by atoms with Crippen molar-refractivity contribution in [2.24, 2.45) is 5.92 Å². The second-order valence-corrected chi connectivity index (χ2v) is 11.7. The number of carbonyl (C=O) groups excluding carboxylic acids is 1. The number of nitrogens with one attached hydrogen (secondary N) is 1. The number of amides is 1. The minimum absolute atomic E-state index is 0.0258. The molecule has 1 aliphatic rings. The molecule has 1 aliphatic carbocycles. The highest BCUT2D eigenvalue weighted by molar-refractivity contribution is 7.90. The standard InChI is InChI=1S/C28H28N6O4S/c1-3-19-15-21(38-28(35)30-20-7-5-4-6-8-20)16-23(19)26-32-31-25-17-29-27-24(34(25)26)13-14-33(27)39(36,37)22-11-9-18(2)10-12-22/h4-14,17,19,21,23H,3,15-16H2,1-2H3,(H,30,35)/t19-,21+,23?/m1/s1. The molecule has 200 valence electrons. The van der Waals surface area contributed by atoms with Crippen LogP contribution < -0.4 is 5.32 Å². The number of anilines is 1. The second-order valence-electron chi connectivity index (χ2n) is 9.91. The fourth-order valence-corrected chi connectivity index (χ4v) is 6.76. The number of rotatable bonds is 6. The number of aromatic nitrogens is 5. The third-order valence-corrected chi connectivity index (χ3v) is 9.12. The lowest BCUT2D eigenvalue weighted by molar-refractivity contribution is 0.111. The van der Waals surface area contributed by atoms with E-state index in [4.69, 9.17) is 4.74 Å². The molecule has 0 aliphatic heterocycles. The molecule has 0 bridgehead atoms. The Hall–Kier alpha value is -4.25. The summed E-state index contributed by atoms with van der Waals surface area (Å²) in [5.41, 5.74) is 3.08. The summed E-state index contributed by atoms with van der Waals surface area (Å²) in [6, 6.07) is 17.6. The third-order valence-electron chi connectivity index (χ3n) is 7.44. The number of nitrogens with zero attached hydrogens (tertiary/aromatic N) is 5. The van der Waals surface area contributed by atoms with Gasteiger partial charge in [0.05, 0.1) is 16.6 Å². The Labute approximate surface area is 225 Å². The van der Waals surface area contributed by atoms with Gasteiger partial charge in [-0.15, -0.1) is 10.2 Å². The van der Waals surface area contributed by atoms with Crippen LogP contribution in [0.2, 0.25) is 0 Å². The summed E-state index contributed by atoms with van der Waals surface area (Å²) in [4.78, 5) is 17.2. The van der Waals surface area contributed by atoms with Crippen LogP contribution in [0, 0.1) is 12.8 Å². The summed E-state index contributed by atoms with van der Waals surface area (Å²) >= 11 is 0. The first-order chi connectivity index (χ1) is 18.8. The topological polar surface area (TPSA) is 120 Å². The zero-order valence-corrected chi connectivity index (χ0v) is 22.4. The molecule has 1 amide bonds. The normalized spacial score (nSPS) is 19.5. The molecule has 10 nitrogen and oxygen atoms in total. The van der Waals surface area contributed by atoms with E-state index in [1.54, 1.807) is 42.5 Å². The summed E-state index contributed by atoms with van der Waals surface area (Å²) in [7, 11) is -3.85. The van der Waals surface area contributed by atoms with Gasteiger partial charge in [0.1, 0.15) is 11.9 Å². The van der Waals surface area contributed by atoms with E-state index < -0.39 is 16.1 Å². The van der Waals surface area contributed by atoms with Crippen LogP contribution in [0.5, 0.6) is 0 Å². The summed E-state index contributed by atoms with van der Waals surface area (Å²) in [6.07, 6.45) is 4.46. The van der Waals surface area contributed by atoms with Crippen molar-refractivity contribution in [3.8, 4) is 0 Å². The molecule has 39 heavy (non-hydrogen) atoms. The molecule has 3 atom stereocenters. The van der Waals surface area contributed by atoms with Crippen molar-refractivity contribution in [1.82, 2.24) is 23.6 Å². The number of hydrogen-bond donors (Lipinski definition) is 1. The van der Waals surface area contributed by atoms with E-state index in [2.05, 4.69) is 27.4 Å². The average molecular weight is 545 g/mol. The van der Waals surface area contributed by atoms with Gasteiger partial charge in [-0.05, 0) is 56.0 Å². The zero-order chi connectivity index (χ0) is 27.1. The van der Waals surface area contributed by atoms with Crippen molar-refractivity contribution in [2.45, 2.75) is 50.0 Å². The molecule has 1 unspecified atom stereocenters. The lowest BCUT2D eigenvalue weighted by atomic mass is 9.93. The number of carbonyl (C=O) groups is 1. The highest BCUT2D eigenvalue weighted by Gasteiger charge is 2.39. The minimum Gasteiger partial charge on any atom is -0.446 e. The Kier molecular flexibility index (Phi) is 6.30. The maximum Gasteiger partial charge on any atom is 0.411 e. The Morgan fingerprint density at radius 2 is 1.82 bits per heavy atom.